The van der Waals surface area contributed by atoms with Crippen molar-refractivity contribution in [2.24, 2.45) is 17.8 Å². The first-order valence-corrected chi connectivity index (χ1v) is 12.6. The topological polar surface area (TPSA) is 73.0 Å². The van der Waals surface area contributed by atoms with Crippen LogP contribution in [-0.2, 0) is 16.1 Å². The number of nitrogens with zero attached hydrogens (tertiary/aromatic N) is 3. The summed E-state index contributed by atoms with van der Waals surface area (Å²) in [6.07, 6.45) is 5.32. The van der Waals surface area contributed by atoms with E-state index in [0.29, 0.717) is 49.8 Å². The van der Waals surface area contributed by atoms with E-state index in [-0.39, 0.29) is 17.9 Å². The van der Waals surface area contributed by atoms with Crippen molar-refractivity contribution in [2.75, 3.05) is 32.7 Å². The normalized spacial score (nSPS) is 27.8. The molecule has 4 fully saturated rings. The second-order valence-corrected chi connectivity index (χ2v) is 10.5. The highest BCUT2D eigenvalue weighted by Gasteiger charge is 2.45. The monoisotopic (exact) mass is 452 g/mol. The second-order valence-electron chi connectivity index (χ2n) is 10.5. The summed E-state index contributed by atoms with van der Waals surface area (Å²) in [5.74, 6) is 1.19. The Morgan fingerprint density at radius 3 is 2.61 bits per heavy atom. The summed E-state index contributed by atoms with van der Waals surface area (Å²) in [5.41, 5.74) is 2.33. The molecule has 3 atom stereocenters. The van der Waals surface area contributed by atoms with Gasteiger partial charge in [0.15, 0.2) is 0 Å². The molecular formula is C26H36N4O3. The number of hydrogen-bond acceptors (Lipinski definition) is 3. The van der Waals surface area contributed by atoms with Crippen LogP contribution in [0.4, 0.5) is 4.79 Å². The van der Waals surface area contributed by atoms with Gasteiger partial charge in [-0.3, -0.25) is 9.59 Å². The second kappa shape index (κ2) is 9.35. The molecule has 33 heavy (non-hydrogen) atoms. The average molecular weight is 453 g/mol. The highest BCUT2D eigenvalue weighted by molar-refractivity contribution is 5.80. The first kappa shape index (κ1) is 22.2. The molecule has 0 unspecified atom stereocenters. The summed E-state index contributed by atoms with van der Waals surface area (Å²) in [6, 6.07) is 8.56. The Bertz CT molecular complexity index is 911. The highest BCUT2D eigenvalue weighted by atomic mass is 16.2. The van der Waals surface area contributed by atoms with Crippen LogP contribution in [0.25, 0.3) is 0 Å². The molecule has 0 saturated carbocycles. The van der Waals surface area contributed by atoms with Gasteiger partial charge in [0, 0.05) is 57.6 Å². The predicted octanol–water partition coefficient (Wildman–Crippen LogP) is 2.78. The summed E-state index contributed by atoms with van der Waals surface area (Å²) < 4.78 is 0. The third-order valence-corrected chi connectivity index (χ3v) is 8.30. The molecule has 4 aliphatic heterocycles. The lowest BCUT2D eigenvalue weighted by Gasteiger charge is -2.53. The fourth-order valence-corrected chi connectivity index (χ4v) is 6.43. The first-order valence-electron chi connectivity index (χ1n) is 12.6. The van der Waals surface area contributed by atoms with E-state index in [1.54, 1.807) is 0 Å². The van der Waals surface area contributed by atoms with Gasteiger partial charge in [0.05, 0.1) is 0 Å². The molecule has 4 saturated heterocycles. The van der Waals surface area contributed by atoms with Gasteiger partial charge in [-0.2, -0.15) is 0 Å². The molecule has 178 valence electrons. The number of benzene rings is 1. The Morgan fingerprint density at radius 2 is 1.82 bits per heavy atom. The summed E-state index contributed by atoms with van der Waals surface area (Å²) in [7, 11) is 0. The van der Waals surface area contributed by atoms with Crippen LogP contribution in [0.2, 0.25) is 0 Å². The van der Waals surface area contributed by atoms with Gasteiger partial charge >= 0.3 is 6.03 Å². The first-order chi connectivity index (χ1) is 16.0. The number of fused-ring (bicyclic) bond motifs is 4. The van der Waals surface area contributed by atoms with Crippen LogP contribution in [0.1, 0.15) is 49.7 Å². The van der Waals surface area contributed by atoms with E-state index < -0.39 is 0 Å². The number of likely N-dealkylation sites (tertiary alicyclic amines) is 2. The molecular weight excluding hydrogens is 416 g/mol. The van der Waals surface area contributed by atoms with E-state index in [4.69, 9.17) is 0 Å². The third kappa shape index (κ3) is 4.59. The Hall–Kier alpha value is -2.57. The summed E-state index contributed by atoms with van der Waals surface area (Å²) in [5, 5.41) is 3.09. The standard InChI is InChI=1S/C26H36N4O3/c1-18-5-2-3-6-21(18)14-27-25(32)20-9-11-28(12-10-20)26(33)29-15-19-13-22(17-29)23-7-4-8-24(31)30(23)16-19/h2-3,5-6,19-20,22-23H,4,7-17H2,1H3,(H,27,32)/t19-,22+,23+/m0/s1. The summed E-state index contributed by atoms with van der Waals surface area (Å²) in [6.45, 7) is 6.23. The summed E-state index contributed by atoms with van der Waals surface area (Å²) in [4.78, 5) is 44.4. The van der Waals surface area contributed by atoms with Crippen LogP contribution in [0.5, 0.6) is 0 Å². The van der Waals surface area contributed by atoms with E-state index in [1.165, 1.54) is 5.56 Å². The molecule has 4 amide bonds. The maximum absolute atomic E-state index is 13.3. The lowest BCUT2D eigenvalue weighted by molar-refractivity contribution is -0.144. The zero-order valence-electron chi connectivity index (χ0n) is 19.7. The number of carbonyl (C=O) groups excluding carboxylic acids is 3. The number of rotatable bonds is 3. The van der Waals surface area contributed by atoms with Crippen molar-refractivity contribution in [2.45, 2.75) is 58.0 Å². The molecule has 1 aromatic rings. The number of carbonyl (C=O) groups is 3. The van der Waals surface area contributed by atoms with Crippen LogP contribution in [0, 0.1) is 24.7 Å². The molecule has 1 N–H and O–H groups in total. The Morgan fingerprint density at radius 1 is 1.03 bits per heavy atom. The molecule has 2 bridgehead atoms. The lowest BCUT2D eigenvalue weighted by Crippen LogP contribution is -2.62. The maximum atomic E-state index is 13.3. The van der Waals surface area contributed by atoms with E-state index in [9.17, 15) is 14.4 Å². The molecule has 5 rings (SSSR count). The minimum atomic E-state index is -0.0272. The predicted molar refractivity (Wildman–Crippen MR) is 125 cm³/mol. The fraction of sp³-hybridized carbons (Fsp3) is 0.654. The van der Waals surface area contributed by atoms with Crippen molar-refractivity contribution in [1.82, 2.24) is 20.0 Å². The fourth-order valence-electron chi connectivity index (χ4n) is 6.43. The Kier molecular flexibility index (Phi) is 6.30. The lowest BCUT2D eigenvalue weighted by atomic mass is 9.76. The van der Waals surface area contributed by atoms with Gasteiger partial charge in [0.1, 0.15) is 0 Å². The zero-order valence-corrected chi connectivity index (χ0v) is 19.7. The van der Waals surface area contributed by atoms with E-state index in [0.717, 1.165) is 57.3 Å². The van der Waals surface area contributed by atoms with Gasteiger partial charge in [0.25, 0.3) is 0 Å². The smallest absolute Gasteiger partial charge is 0.320 e. The van der Waals surface area contributed by atoms with Crippen molar-refractivity contribution in [3.8, 4) is 0 Å². The molecule has 0 radical (unpaired) electrons. The van der Waals surface area contributed by atoms with Crippen LogP contribution in [-0.4, -0.2) is 71.3 Å². The van der Waals surface area contributed by atoms with Gasteiger partial charge in [-0.15, -0.1) is 0 Å². The van der Waals surface area contributed by atoms with E-state index in [2.05, 4.69) is 23.2 Å². The highest BCUT2D eigenvalue weighted by Crippen LogP contribution is 2.38. The quantitative estimate of drug-likeness (QED) is 0.767. The molecule has 7 nitrogen and oxygen atoms in total. The van der Waals surface area contributed by atoms with Gasteiger partial charge in [-0.1, -0.05) is 24.3 Å². The minimum Gasteiger partial charge on any atom is -0.352 e. The number of nitrogens with one attached hydrogen (secondary N) is 1. The SMILES string of the molecule is Cc1ccccc1CNC(=O)C1CCN(C(=O)N2C[C@@H]3C[C@H](C2)[C@H]2CCCC(=O)N2C3)CC1. The van der Waals surface area contributed by atoms with Crippen LogP contribution >= 0.6 is 0 Å². The van der Waals surface area contributed by atoms with E-state index in [1.807, 2.05) is 28.0 Å². The molecule has 4 aliphatic rings. The number of amides is 4. The number of hydrogen-bond donors (Lipinski definition) is 1. The Labute approximate surface area is 196 Å². The zero-order chi connectivity index (χ0) is 22.9. The van der Waals surface area contributed by atoms with E-state index >= 15 is 0 Å². The molecule has 1 aromatic carbocycles. The van der Waals surface area contributed by atoms with Crippen molar-refractivity contribution in [1.29, 1.82) is 0 Å². The Balaban J connectivity index is 1.12. The molecule has 0 spiro atoms. The largest absolute Gasteiger partial charge is 0.352 e. The molecule has 4 heterocycles. The van der Waals surface area contributed by atoms with Crippen LogP contribution < -0.4 is 5.32 Å². The minimum absolute atomic E-state index is 0.0272. The number of urea groups is 1. The average Bonchev–Trinajstić information content (AvgIpc) is 2.83. The van der Waals surface area contributed by atoms with Gasteiger partial charge in [0.2, 0.25) is 11.8 Å². The van der Waals surface area contributed by atoms with Crippen molar-refractivity contribution < 1.29 is 14.4 Å². The maximum Gasteiger partial charge on any atom is 0.320 e. The van der Waals surface area contributed by atoms with Crippen molar-refractivity contribution >= 4 is 17.8 Å². The van der Waals surface area contributed by atoms with Gasteiger partial charge in [-0.25, -0.2) is 4.79 Å². The van der Waals surface area contributed by atoms with Gasteiger partial charge in [-0.05, 0) is 62.0 Å². The molecule has 7 heteroatoms. The number of aryl methyl sites for hydroxylation is 1. The number of piperidine rings is 4. The van der Waals surface area contributed by atoms with Gasteiger partial charge < -0.3 is 20.0 Å². The van der Waals surface area contributed by atoms with Crippen molar-refractivity contribution in [3.05, 3.63) is 35.4 Å². The molecule has 0 aromatic heterocycles. The molecule has 0 aliphatic carbocycles. The van der Waals surface area contributed by atoms with Crippen molar-refractivity contribution in [3.63, 3.8) is 0 Å². The van der Waals surface area contributed by atoms with Crippen LogP contribution in [0.15, 0.2) is 24.3 Å². The summed E-state index contributed by atoms with van der Waals surface area (Å²) >= 11 is 0. The third-order valence-electron chi connectivity index (χ3n) is 8.30. The van der Waals surface area contributed by atoms with Crippen LogP contribution in [0.3, 0.4) is 0 Å².